The van der Waals surface area contributed by atoms with Crippen molar-refractivity contribution in [1.29, 1.82) is 0 Å². The van der Waals surface area contributed by atoms with Crippen molar-refractivity contribution in [2.24, 2.45) is 0 Å². The fraction of sp³-hybridized carbons (Fsp3) is 0. The molecule has 0 atom stereocenters. The Bertz CT molecular complexity index is 419. The predicted molar refractivity (Wildman–Crippen MR) is 53.1 cm³/mol. The van der Waals surface area contributed by atoms with E-state index < -0.39 is 0 Å². The molecule has 1 radical (unpaired) electrons. The monoisotopic (exact) mass is 210 g/mol. The Morgan fingerprint density at radius 2 is 2.23 bits per heavy atom. The Morgan fingerprint density at radius 3 is 2.77 bits per heavy atom. The van der Waals surface area contributed by atoms with E-state index in [1.54, 1.807) is 6.07 Å². The lowest BCUT2D eigenvalue weighted by Gasteiger charge is -1.85. The van der Waals surface area contributed by atoms with Crippen LogP contribution in [0.1, 0.15) is 0 Å². The summed E-state index contributed by atoms with van der Waals surface area (Å²) in [6.45, 7) is 0. The molecular formula is C8H4NO2S2. The molecule has 0 saturated carbocycles. The van der Waals surface area contributed by atoms with E-state index >= 15 is 0 Å². The number of nitro groups is 1. The van der Waals surface area contributed by atoms with Gasteiger partial charge in [-0.2, -0.15) is 0 Å². The Morgan fingerprint density at radius 1 is 1.38 bits per heavy atom. The Kier molecular flexibility index (Phi) is 2.12. The summed E-state index contributed by atoms with van der Waals surface area (Å²) in [7, 11) is 0. The molecule has 0 aliphatic rings. The molecule has 2 aromatic heterocycles. The van der Waals surface area contributed by atoms with Gasteiger partial charge in [0.05, 0.1) is 10.3 Å². The maximum Gasteiger partial charge on any atom is 0.324 e. The molecule has 2 rings (SSSR count). The SMILES string of the molecule is O=[N+]([O-])c1ccc(-c2[c]scc2)s1. The van der Waals surface area contributed by atoms with E-state index in [1.807, 2.05) is 11.4 Å². The topological polar surface area (TPSA) is 43.1 Å². The maximum atomic E-state index is 10.4. The van der Waals surface area contributed by atoms with Gasteiger partial charge in [0.25, 0.3) is 0 Å². The molecule has 0 bridgehead atoms. The van der Waals surface area contributed by atoms with E-state index in [0.29, 0.717) is 0 Å². The zero-order valence-corrected chi connectivity index (χ0v) is 8.02. The zero-order valence-electron chi connectivity index (χ0n) is 6.39. The van der Waals surface area contributed by atoms with Crippen LogP contribution in [0, 0.1) is 15.5 Å². The summed E-state index contributed by atoms with van der Waals surface area (Å²) in [6.07, 6.45) is 0. The van der Waals surface area contributed by atoms with Gasteiger partial charge >= 0.3 is 5.00 Å². The number of nitrogens with zero attached hydrogens (tertiary/aromatic N) is 1. The van der Waals surface area contributed by atoms with Crippen LogP contribution in [-0.4, -0.2) is 4.92 Å². The molecule has 0 amide bonds. The van der Waals surface area contributed by atoms with E-state index in [-0.39, 0.29) is 9.92 Å². The van der Waals surface area contributed by atoms with Gasteiger partial charge in [-0.05, 0) is 17.5 Å². The van der Waals surface area contributed by atoms with E-state index in [2.05, 4.69) is 5.38 Å². The minimum atomic E-state index is -0.374. The van der Waals surface area contributed by atoms with Crippen LogP contribution in [0.2, 0.25) is 0 Å². The molecule has 0 aliphatic heterocycles. The second-order valence-electron chi connectivity index (χ2n) is 2.33. The normalized spacial score (nSPS) is 10.2. The highest BCUT2D eigenvalue weighted by atomic mass is 32.1. The summed E-state index contributed by atoms with van der Waals surface area (Å²) in [5.74, 6) is 0. The van der Waals surface area contributed by atoms with Crippen LogP contribution in [0.3, 0.4) is 0 Å². The smallest absolute Gasteiger partial charge is 0.258 e. The number of hydrogen-bond acceptors (Lipinski definition) is 4. The Labute approximate surface area is 82.4 Å². The van der Waals surface area contributed by atoms with Crippen molar-refractivity contribution in [2.45, 2.75) is 0 Å². The average Bonchev–Trinajstić information content (AvgIpc) is 2.75. The molecule has 2 aromatic rings. The van der Waals surface area contributed by atoms with E-state index in [0.717, 1.165) is 10.4 Å². The van der Waals surface area contributed by atoms with Gasteiger partial charge in [0.2, 0.25) is 0 Å². The van der Waals surface area contributed by atoms with Gasteiger partial charge in [-0.3, -0.25) is 10.1 Å². The molecule has 0 fully saturated rings. The quantitative estimate of drug-likeness (QED) is 0.564. The maximum absolute atomic E-state index is 10.4. The van der Waals surface area contributed by atoms with Crippen LogP contribution >= 0.6 is 22.7 Å². The molecule has 0 N–H and O–H groups in total. The van der Waals surface area contributed by atoms with Crippen molar-refractivity contribution in [2.75, 3.05) is 0 Å². The van der Waals surface area contributed by atoms with Crippen LogP contribution in [0.5, 0.6) is 0 Å². The first-order valence-corrected chi connectivity index (χ1v) is 5.17. The zero-order chi connectivity index (χ0) is 9.26. The number of thiophene rings is 2. The molecule has 13 heavy (non-hydrogen) atoms. The third-order valence-electron chi connectivity index (χ3n) is 1.51. The van der Waals surface area contributed by atoms with Crippen LogP contribution in [0.15, 0.2) is 23.6 Å². The molecule has 65 valence electrons. The number of hydrogen-bond donors (Lipinski definition) is 0. The van der Waals surface area contributed by atoms with Crippen molar-refractivity contribution in [1.82, 2.24) is 0 Å². The van der Waals surface area contributed by atoms with E-state index in [1.165, 1.54) is 28.7 Å². The minimum Gasteiger partial charge on any atom is -0.258 e. The summed E-state index contributed by atoms with van der Waals surface area (Å²) in [5, 5.41) is 15.5. The van der Waals surface area contributed by atoms with Crippen LogP contribution in [0.4, 0.5) is 5.00 Å². The summed E-state index contributed by atoms with van der Waals surface area (Å²) in [6, 6.07) is 5.17. The first-order chi connectivity index (χ1) is 6.27. The standard InChI is InChI=1S/C8H4NO2S2/c10-9(11)8-2-1-7(13-8)6-3-4-12-5-6/h1-4H. The van der Waals surface area contributed by atoms with Crippen molar-refractivity contribution in [3.63, 3.8) is 0 Å². The highest BCUT2D eigenvalue weighted by Crippen LogP contribution is 2.33. The number of rotatable bonds is 2. The second-order valence-corrected chi connectivity index (χ2v) is 4.11. The molecule has 0 aromatic carbocycles. The first kappa shape index (κ1) is 8.40. The van der Waals surface area contributed by atoms with Gasteiger partial charge in [-0.25, -0.2) is 0 Å². The van der Waals surface area contributed by atoms with E-state index in [9.17, 15) is 10.1 Å². The molecule has 0 unspecified atom stereocenters. The predicted octanol–water partition coefficient (Wildman–Crippen LogP) is 3.18. The fourth-order valence-corrected chi connectivity index (χ4v) is 2.38. The van der Waals surface area contributed by atoms with Gasteiger partial charge in [0.1, 0.15) is 0 Å². The van der Waals surface area contributed by atoms with Crippen molar-refractivity contribution in [3.05, 3.63) is 39.1 Å². The van der Waals surface area contributed by atoms with E-state index in [4.69, 9.17) is 0 Å². The van der Waals surface area contributed by atoms with Gasteiger partial charge in [-0.1, -0.05) is 11.3 Å². The Balaban J connectivity index is 2.39. The molecule has 2 heterocycles. The molecule has 5 heteroatoms. The van der Waals surface area contributed by atoms with Crippen LogP contribution < -0.4 is 0 Å². The Hall–Kier alpha value is -1.20. The molecule has 3 nitrogen and oxygen atoms in total. The van der Waals surface area contributed by atoms with Crippen molar-refractivity contribution in [3.8, 4) is 10.4 Å². The fourth-order valence-electron chi connectivity index (χ4n) is 0.937. The van der Waals surface area contributed by atoms with Crippen molar-refractivity contribution >= 4 is 27.7 Å². The van der Waals surface area contributed by atoms with Crippen molar-refractivity contribution < 1.29 is 4.92 Å². The van der Waals surface area contributed by atoms with Crippen LogP contribution in [0.25, 0.3) is 10.4 Å². The van der Waals surface area contributed by atoms with Gasteiger partial charge in [-0.15, -0.1) is 11.3 Å². The lowest BCUT2D eigenvalue weighted by atomic mass is 10.3. The molecule has 0 aliphatic carbocycles. The third kappa shape index (κ3) is 1.61. The summed E-state index contributed by atoms with van der Waals surface area (Å²) in [5.41, 5.74) is 0.933. The van der Waals surface area contributed by atoms with Crippen LogP contribution in [-0.2, 0) is 0 Å². The second kappa shape index (κ2) is 3.27. The highest BCUT2D eigenvalue weighted by molar-refractivity contribution is 7.19. The summed E-state index contributed by atoms with van der Waals surface area (Å²) >= 11 is 2.64. The summed E-state index contributed by atoms with van der Waals surface area (Å²) < 4.78 is 0. The lowest BCUT2D eigenvalue weighted by Crippen LogP contribution is -1.80. The summed E-state index contributed by atoms with van der Waals surface area (Å²) in [4.78, 5) is 10.9. The average molecular weight is 210 g/mol. The van der Waals surface area contributed by atoms with Gasteiger partial charge in [0, 0.05) is 16.5 Å². The van der Waals surface area contributed by atoms with Gasteiger partial charge in [0.15, 0.2) is 0 Å². The minimum absolute atomic E-state index is 0.176. The van der Waals surface area contributed by atoms with Gasteiger partial charge < -0.3 is 0 Å². The molecule has 0 spiro atoms. The molecule has 0 saturated heterocycles. The highest BCUT2D eigenvalue weighted by Gasteiger charge is 2.10. The lowest BCUT2D eigenvalue weighted by molar-refractivity contribution is -0.380. The first-order valence-electron chi connectivity index (χ1n) is 3.47. The largest absolute Gasteiger partial charge is 0.324 e. The molecular weight excluding hydrogens is 206 g/mol. The third-order valence-corrected chi connectivity index (χ3v) is 3.19.